The first-order valence-corrected chi connectivity index (χ1v) is 9.70. The van der Waals surface area contributed by atoms with Crippen LogP contribution in [0.1, 0.15) is 5.56 Å². The zero-order chi connectivity index (χ0) is 15.6. The highest BCUT2D eigenvalue weighted by atomic mass is 28.3. The van der Waals surface area contributed by atoms with Crippen LogP contribution in [0.25, 0.3) is 0 Å². The second kappa shape index (κ2) is 5.96. The van der Waals surface area contributed by atoms with E-state index in [-0.39, 0.29) is 6.73 Å². The first-order chi connectivity index (χ1) is 9.02. The Bertz CT molecular complexity index is 523. The zero-order valence-electron chi connectivity index (χ0n) is 11.5. The van der Waals surface area contributed by atoms with Crippen molar-refractivity contribution < 1.29 is 23.0 Å². The smallest absolute Gasteiger partial charge is 0.419 e. The highest BCUT2D eigenvalue weighted by molar-refractivity contribution is 6.76. The van der Waals surface area contributed by atoms with Crippen LogP contribution in [0.2, 0.25) is 25.7 Å². The lowest BCUT2D eigenvalue weighted by molar-refractivity contribution is -0.291. The number of rotatable bonds is 5. The van der Waals surface area contributed by atoms with E-state index in [0.29, 0.717) is 17.5 Å². The second-order valence-corrected chi connectivity index (χ2v) is 11.2. The van der Waals surface area contributed by atoms with Crippen LogP contribution in [0.3, 0.4) is 0 Å². The van der Waals surface area contributed by atoms with Crippen LogP contribution < -0.4 is 10.5 Å². The summed E-state index contributed by atoms with van der Waals surface area (Å²) in [5.41, 5.74) is -1.51. The van der Waals surface area contributed by atoms with E-state index in [2.05, 4.69) is 24.7 Å². The molecular weight excluding hydrogens is 291 g/mol. The summed E-state index contributed by atoms with van der Waals surface area (Å²) < 4.78 is 43.7. The number of nitrogens with zero attached hydrogens (tertiary/aromatic N) is 2. The largest absolute Gasteiger partial charge is 0.858 e. The van der Waals surface area contributed by atoms with Gasteiger partial charge in [0.25, 0.3) is 0 Å². The van der Waals surface area contributed by atoms with Gasteiger partial charge in [-0.05, 0) is 6.04 Å². The first-order valence-electron chi connectivity index (χ1n) is 5.99. The van der Waals surface area contributed by atoms with Gasteiger partial charge in [0.2, 0.25) is 0 Å². The second-order valence-electron chi connectivity index (χ2n) is 5.58. The Hall–Kier alpha value is -1.35. The van der Waals surface area contributed by atoms with E-state index in [0.717, 1.165) is 6.04 Å². The highest BCUT2D eigenvalue weighted by Gasteiger charge is 2.34. The lowest BCUT2D eigenvalue weighted by Crippen LogP contribution is -2.28. The summed E-state index contributed by atoms with van der Waals surface area (Å²) in [6.45, 7) is 6.44. The summed E-state index contributed by atoms with van der Waals surface area (Å²) in [7, 11) is -1.30. The minimum atomic E-state index is -4.86. The Kier molecular flexibility index (Phi) is 4.98. The Morgan fingerprint density at radius 3 is 2.50 bits per heavy atom. The number of hydrogen-bond acceptors (Lipinski definition) is 4. The lowest BCUT2D eigenvalue weighted by atomic mass is 10.2. The maximum Gasteiger partial charge on any atom is 0.419 e. The monoisotopic (exact) mass is 308 g/mol. The summed E-state index contributed by atoms with van der Waals surface area (Å²) in [5, 5.41) is 21.3. The Balaban J connectivity index is 2.81. The minimum Gasteiger partial charge on any atom is -0.858 e. The standard InChI is InChI=1S/C11H18F3N3O2Si/c1-20(2,3)5-4-19-7-17-10(18)9(11(12,13)14)8(15)6-16-17/h6,15,18H,4-5,7H2,1-3H3/p-1. The minimum absolute atomic E-state index is 0.341. The van der Waals surface area contributed by atoms with Gasteiger partial charge in [0.1, 0.15) is 6.73 Å². The Morgan fingerprint density at radius 1 is 1.40 bits per heavy atom. The van der Waals surface area contributed by atoms with Gasteiger partial charge in [-0.3, -0.25) is 10.1 Å². The molecule has 0 fully saturated rings. The fraction of sp³-hybridized carbons (Fsp3) is 0.636. The van der Waals surface area contributed by atoms with Crippen LogP contribution in [0.5, 0.6) is 5.88 Å². The average Bonchev–Trinajstić information content (AvgIpc) is 2.23. The maximum atomic E-state index is 12.6. The summed E-state index contributed by atoms with van der Waals surface area (Å²) in [5.74, 6) is -1.35. The van der Waals surface area contributed by atoms with E-state index >= 15 is 0 Å². The van der Waals surface area contributed by atoms with Crippen molar-refractivity contribution in [3.05, 3.63) is 17.1 Å². The fourth-order valence-corrected chi connectivity index (χ4v) is 2.14. The Labute approximate surface area is 115 Å². The van der Waals surface area contributed by atoms with Crippen LogP contribution in [0, 0.1) is 5.41 Å². The third-order valence-corrected chi connectivity index (χ3v) is 4.24. The van der Waals surface area contributed by atoms with E-state index in [1.54, 1.807) is 0 Å². The van der Waals surface area contributed by atoms with Crippen molar-refractivity contribution >= 4 is 8.07 Å². The van der Waals surface area contributed by atoms with Crippen molar-refractivity contribution in [3.8, 4) is 5.88 Å². The summed E-state index contributed by atoms with van der Waals surface area (Å²) in [6.07, 6.45) is -4.16. The maximum absolute atomic E-state index is 12.6. The molecule has 0 saturated carbocycles. The topological polar surface area (TPSA) is 74.0 Å². The number of aromatic nitrogens is 2. The van der Waals surface area contributed by atoms with Crippen LogP contribution in [-0.4, -0.2) is 24.5 Å². The molecule has 0 saturated heterocycles. The van der Waals surface area contributed by atoms with Crippen molar-refractivity contribution in [1.82, 2.24) is 9.78 Å². The van der Waals surface area contributed by atoms with Crippen LogP contribution in [0.4, 0.5) is 13.2 Å². The molecule has 0 aliphatic carbocycles. The predicted molar refractivity (Wildman–Crippen MR) is 66.6 cm³/mol. The molecule has 9 heteroatoms. The summed E-state index contributed by atoms with van der Waals surface area (Å²) in [4.78, 5) is 0. The summed E-state index contributed by atoms with van der Waals surface area (Å²) >= 11 is 0. The highest BCUT2D eigenvalue weighted by Crippen LogP contribution is 2.30. The molecule has 0 amide bonds. The van der Waals surface area contributed by atoms with E-state index < -0.39 is 31.1 Å². The molecule has 0 aromatic carbocycles. The van der Waals surface area contributed by atoms with Crippen molar-refractivity contribution in [3.63, 3.8) is 0 Å². The van der Waals surface area contributed by atoms with Crippen molar-refractivity contribution in [2.45, 2.75) is 38.6 Å². The van der Waals surface area contributed by atoms with Gasteiger partial charge in [0, 0.05) is 20.6 Å². The van der Waals surface area contributed by atoms with Gasteiger partial charge in [-0.15, -0.1) is 0 Å². The first kappa shape index (κ1) is 16.7. The van der Waals surface area contributed by atoms with Crippen LogP contribution >= 0.6 is 0 Å². The molecule has 1 aromatic rings. The fourth-order valence-electron chi connectivity index (χ4n) is 1.38. The van der Waals surface area contributed by atoms with E-state index in [4.69, 9.17) is 10.1 Å². The van der Waals surface area contributed by atoms with E-state index in [1.165, 1.54) is 0 Å². The lowest BCUT2D eigenvalue weighted by Gasteiger charge is -2.22. The molecule has 0 radical (unpaired) electrons. The molecule has 1 N–H and O–H groups in total. The number of alkyl halides is 3. The summed E-state index contributed by atoms with van der Waals surface area (Å²) in [6, 6.07) is 0.838. The normalized spacial score (nSPS) is 12.7. The molecule has 114 valence electrons. The van der Waals surface area contributed by atoms with Gasteiger partial charge in [-0.1, -0.05) is 19.6 Å². The van der Waals surface area contributed by atoms with Crippen molar-refractivity contribution in [1.29, 1.82) is 5.41 Å². The molecule has 5 nitrogen and oxygen atoms in total. The Morgan fingerprint density at radius 2 is 2.00 bits per heavy atom. The molecule has 0 aliphatic rings. The molecule has 0 atom stereocenters. The third-order valence-electron chi connectivity index (χ3n) is 2.54. The molecular formula is C11H17F3N3O2Si-. The number of ether oxygens (including phenoxy) is 1. The van der Waals surface area contributed by atoms with E-state index in [1.807, 2.05) is 0 Å². The zero-order valence-corrected chi connectivity index (χ0v) is 12.5. The number of nitrogens with one attached hydrogen (secondary N) is 1. The molecule has 0 bridgehead atoms. The molecule has 0 unspecified atom stereocenters. The number of halogens is 3. The van der Waals surface area contributed by atoms with Crippen LogP contribution in [-0.2, 0) is 17.6 Å². The molecule has 0 spiro atoms. The quantitative estimate of drug-likeness (QED) is 0.665. The van der Waals surface area contributed by atoms with Gasteiger partial charge in [0.05, 0.1) is 17.1 Å². The van der Waals surface area contributed by atoms with Gasteiger partial charge < -0.3 is 9.84 Å². The van der Waals surface area contributed by atoms with Gasteiger partial charge >= 0.3 is 6.18 Å². The van der Waals surface area contributed by atoms with Crippen molar-refractivity contribution in [2.75, 3.05) is 6.61 Å². The third kappa shape index (κ3) is 4.64. The molecule has 0 aliphatic heterocycles. The predicted octanol–water partition coefficient (Wildman–Crippen LogP) is 1.77. The van der Waals surface area contributed by atoms with Gasteiger partial charge in [-0.25, -0.2) is 0 Å². The molecule has 1 heterocycles. The molecule has 20 heavy (non-hydrogen) atoms. The SMILES string of the molecule is C[Si](C)(C)CCOCn1ncc(=N)c(C(F)(F)F)c1[O-]. The molecule has 1 rings (SSSR count). The number of hydrogen-bond donors (Lipinski definition) is 1. The van der Waals surface area contributed by atoms with Gasteiger partial charge in [-0.2, -0.15) is 18.3 Å². The van der Waals surface area contributed by atoms with Crippen LogP contribution in [0.15, 0.2) is 6.20 Å². The average molecular weight is 308 g/mol. The van der Waals surface area contributed by atoms with Crippen molar-refractivity contribution in [2.24, 2.45) is 0 Å². The molecule has 1 aromatic heterocycles. The van der Waals surface area contributed by atoms with Gasteiger partial charge in [0.15, 0.2) is 0 Å². The van der Waals surface area contributed by atoms with E-state index in [9.17, 15) is 18.3 Å².